The van der Waals surface area contributed by atoms with Gasteiger partial charge in [-0.3, -0.25) is 14.9 Å². The van der Waals surface area contributed by atoms with Crippen LogP contribution in [0, 0.1) is 0 Å². The van der Waals surface area contributed by atoms with Crippen LogP contribution in [0.3, 0.4) is 0 Å². The summed E-state index contributed by atoms with van der Waals surface area (Å²) < 4.78 is 0. The Morgan fingerprint density at radius 2 is 1.97 bits per heavy atom. The Bertz CT molecular complexity index is 1100. The van der Waals surface area contributed by atoms with E-state index in [-0.39, 0.29) is 5.91 Å². The van der Waals surface area contributed by atoms with Crippen molar-refractivity contribution in [2.45, 2.75) is 19.5 Å². The number of nitrogen functional groups attached to an aromatic ring is 3. The van der Waals surface area contributed by atoms with Crippen LogP contribution in [-0.4, -0.2) is 27.3 Å². The minimum Gasteiger partial charge on any atom is -0.404 e. The van der Waals surface area contributed by atoms with E-state index in [4.69, 9.17) is 23.0 Å². The molecule has 1 amide bonds. The van der Waals surface area contributed by atoms with Gasteiger partial charge in [0.25, 0.3) is 5.91 Å². The maximum atomic E-state index is 12.2. The SMILES string of the molecule is NC=C(C=NCc1ccc(C(=O)NCc2cn[nH]c2)cc1)Cc1cc(N)nc(NN)c1N. The first-order chi connectivity index (χ1) is 15.5. The number of pyridine rings is 1. The first-order valence-electron chi connectivity index (χ1n) is 9.77. The topological polar surface area (TPSA) is 199 Å². The highest BCUT2D eigenvalue weighted by Gasteiger charge is 2.09. The van der Waals surface area contributed by atoms with Gasteiger partial charge in [-0.25, -0.2) is 10.8 Å². The number of nitrogens with zero attached hydrogens (tertiary/aromatic N) is 3. The Hall–Kier alpha value is -4.38. The number of aliphatic imine (C=N–C) groups is 1. The van der Waals surface area contributed by atoms with E-state index in [1.807, 2.05) is 12.1 Å². The van der Waals surface area contributed by atoms with Crippen LogP contribution in [0.15, 0.2) is 59.5 Å². The Morgan fingerprint density at radius 1 is 1.19 bits per heavy atom. The summed E-state index contributed by atoms with van der Waals surface area (Å²) in [6.45, 7) is 0.837. The minimum atomic E-state index is -0.157. The van der Waals surface area contributed by atoms with Crippen LogP contribution >= 0.6 is 0 Å². The number of hydrogen-bond acceptors (Lipinski definition) is 9. The third kappa shape index (κ3) is 5.83. The molecule has 0 radical (unpaired) electrons. The summed E-state index contributed by atoms with van der Waals surface area (Å²) in [5.41, 5.74) is 24.3. The van der Waals surface area contributed by atoms with Gasteiger partial charge >= 0.3 is 0 Å². The van der Waals surface area contributed by atoms with E-state index < -0.39 is 0 Å². The van der Waals surface area contributed by atoms with Gasteiger partial charge in [0.1, 0.15) is 5.82 Å². The lowest BCUT2D eigenvalue weighted by atomic mass is 10.1. The van der Waals surface area contributed by atoms with Gasteiger partial charge in [0, 0.05) is 36.5 Å². The van der Waals surface area contributed by atoms with Crippen molar-refractivity contribution in [3.63, 3.8) is 0 Å². The molecule has 32 heavy (non-hydrogen) atoms. The molecule has 0 atom stereocenters. The number of benzene rings is 1. The molecule has 166 valence electrons. The zero-order valence-electron chi connectivity index (χ0n) is 17.4. The molecule has 0 fully saturated rings. The number of rotatable bonds is 9. The molecule has 11 nitrogen and oxygen atoms in total. The molecule has 0 aliphatic carbocycles. The molecule has 1 aromatic carbocycles. The lowest BCUT2D eigenvalue weighted by Crippen LogP contribution is -2.22. The number of aromatic amines is 1. The van der Waals surface area contributed by atoms with E-state index in [0.717, 1.165) is 22.3 Å². The Labute approximate surface area is 185 Å². The van der Waals surface area contributed by atoms with Crippen LogP contribution in [0.1, 0.15) is 27.0 Å². The van der Waals surface area contributed by atoms with Gasteiger partial charge in [-0.05, 0) is 41.1 Å². The molecule has 3 aromatic rings. The fourth-order valence-electron chi connectivity index (χ4n) is 2.94. The molecule has 0 spiro atoms. The largest absolute Gasteiger partial charge is 0.404 e. The highest BCUT2D eigenvalue weighted by Crippen LogP contribution is 2.24. The molecular formula is C21H26N10O. The van der Waals surface area contributed by atoms with Crippen molar-refractivity contribution in [3.05, 3.63) is 76.8 Å². The average molecular weight is 435 g/mol. The second kappa shape index (κ2) is 10.6. The number of H-pyrrole nitrogens is 1. The fraction of sp³-hybridized carbons (Fsp3) is 0.143. The lowest BCUT2D eigenvalue weighted by Gasteiger charge is -2.11. The normalized spacial score (nSPS) is 11.6. The van der Waals surface area contributed by atoms with E-state index in [9.17, 15) is 4.79 Å². The molecule has 0 saturated carbocycles. The van der Waals surface area contributed by atoms with Crippen molar-refractivity contribution in [3.8, 4) is 0 Å². The van der Waals surface area contributed by atoms with Gasteiger partial charge in [0.2, 0.25) is 0 Å². The standard InChI is InChI=1S/C21H26N10O/c22-7-14(5-17-6-18(23)30-20(31-25)19(17)24)9-26-8-13-1-3-16(4-2-13)21(32)27-10-15-11-28-29-12-15/h1-4,6-7,9,11-12H,5,8,10,22,24-25H2,(H,27,32)(H,28,29)(H3,23,30,31). The van der Waals surface area contributed by atoms with Crippen LogP contribution in [0.5, 0.6) is 0 Å². The second-order valence-corrected chi connectivity index (χ2v) is 6.99. The lowest BCUT2D eigenvalue weighted by molar-refractivity contribution is 0.0951. The number of carbonyl (C=O) groups is 1. The van der Waals surface area contributed by atoms with Gasteiger partial charge in [-0.15, -0.1) is 0 Å². The van der Waals surface area contributed by atoms with E-state index in [1.165, 1.54) is 6.20 Å². The smallest absolute Gasteiger partial charge is 0.251 e. The number of anilines is 3. The highest BCUT2D eigenvalue weighted by molar-refractivity contribution is 5.94. The Morgan fingerprint density at radius 3 is 2.62 bits per heavy atom. The summed E-state index contributed by atoms with van der Waals surface area (Å²) in [5, 5.41) is 9.39. The minimum absolute atomic E-state index is 0.157. The highest BCUT2D eigenvalue weighted by atomic mass is 16.1. The van der Waals surface area contributed by atoms with Crippen molar-refractivity contribution >= 4 is 29.4 Å². The second-order valence-electron chi connectivity index (χ2n) is 6.99. The Kier molecular flexibility index (Phi) is 7.38. The summed E-state index contributed by atoms with van der Waals surface area (Å²) in [6.07, 6.45) is 6.96. The summed E-state index contributed by atoms with van der Waals surface area (Å²) in [4.78, 5) is 20.7. The molecular weight excluding hydrogens is 408 g/mol. The number of carbonyl (C=O) groups excluding carboxylic acids is 1. The van der Waals surface area contributed by atoms with Crippen LogP contribution in [-0.2, 0) is 19.5 Å². The predicted molar refractivity (Wildman–Crippen MR) is 125 cm³/mol. The molecule has 0 aliphatic heterocycles. The molecule has 2 aromatic heterocycles. The number of hydrazine groups is 1. The van der Waals surface area contributed by atoms with Crippen molar-refractivity contribution in [2.24, 2.45) is 16.6 Å². The maximum Gasteiger partial charge on any atom is 0.251 e. The summed E-state index contributed by atoms with van der Waals surface area (Å²) in [7, 11) is 0. The van der Waals surface area contributed by atoms with Crippen LogP contribution in [0.2, 0.25) is 0 Å². The number of nitrogens with one attached hydrogen (secondary N) is 3. The van der Waals surface area contributed by atoms with Gasteiger partial charge in [-0.1, -0.05) is 12.1 Å². The number of amides is 1. The zero-order chi connectivity index (χ0) is 22.9. The molecule has 0 unspecified atom stereocenters. The quantitative estimate of drug-likeness (QED) is 0.146. The molecule has 0 aliphatic rings. The average Bonchev–Trinajstić information content (AvgIpc) is 3.33. The Balaban J connectivity index is 1.56. The van der Waals surface area contributed by atoms with E-state index in [1.54, 1.807) is 36.8 Å². The first-order valence-corrected chi connectivity index (χ1v) is 9.77. The molecule has 2 heterocycles. The van der Waals surface area contributed by atoms with E-state index in [0.29, 0.717) is 42.4 Å². The van der Waals surface area contributed by atoms with Gasteiger partial charge in [-0.2, -0.15) is 5.10 Å². The van der Waals surface area contributed by atoms with Crippen molar-refractivity contribution < 1.29 is 4.79 Å². The monoisotopic (exact) mass is 434 g/mol. The fourth-order valence-corrected chi connectivity index (χ4v) is 2.94. The van der Waals surface area contributed by atoms with E-state index in [2.05, 4.69) is 30.9 Å². The number of allylic oxidation sites excluding steroid dienone is 1. The van der Waals surface area contributed by atoms with Crippen molar-refractivity contribution in [2.75, 3.05) is 16.9 Å². The zero-order valence-corrected chi connectivity index (χ0v) is 17.4. The molecule has 11 heteroatoms. The third-order valence-corrected chi connectivity index (χ3v) is 4.66. The van der Waals surface area contributed by atoms with E-state index >= 15 is 0 Å². The summed E-state index contributed by atoms with van der Waals surface area (Å²) in [5.74, 6) is 5.87. The summed E-state index contributed by atoms with van der Waals surface area (Å²) >= 11 is 0. The number of hydrogen-bond donors (Lipinski definition) is 7. The van der Waals surface area contributed by atoms with Crippen LogP contribution in [0.25, 0.3) is 0 Å². The maximum absolute atomic E-state index is 12.2. The predicted octanol–water partition coefficient (Wildman–Crippen LogP) is 0.841. The molecule has 0 bridgehead atoms. The summed E-state index contributed by atoms with van der Waals surface area (Å²) in [6, 6.07) is 8.91. The van der Waals surface area contributed by atoms with Gasteiger partial charge < -0.3 is 27.9 Å². The van der Waals surface area contributed by atoms with Gasteiger partial charge in [0.15, 0.2) is 5.82 Å². The van der Waals surface area contributed by atoms with Crippen LogP contribution in [0.4, 0.5) is 17.3 Å². The van der Waals surface area contributed by atoms with Crippen LogP contribution < -0.4 is 33.8 Å². The molecule has 3 rings (SSSR count). The van der Waals surface area contributed by atoms with Gasteiger partial charge in [0.05, 0.1) is 18.4 Å². The third-order valence-electron chi connectivity index (χ3n) is 4.66. The first kappa shape index (κ1) is 22.3. The molecule has 11 N–H and O–H groups in total. The van der Waals surface area contributed by atoms with Crippen molar-refractivity contribution in [1.82, 2.24) is 20.5 Å². The number of nitrogens with two attached hydrogens (primary N) is 4. The molecule has 0 saturated heterocycles. The number of aromatic nitrogens is 3. The van der Waals surface area contributed by atoms with Crippen molar-refractivity contribution in [1.29, 1.82) is 0 Å².